The monoisotopic (exact) mass is 505 g/mol. The quantitative estimate of drug-likeness (QED) is 0.243. The third-order valence-electron chi connectivity index (χ3n) is 5.18. The topological polar surface area (TPSA) is 84.2 Å². The van der Waals surface area contributed by atoms with Crippen molar-refractivity contribution in [1.29, 1.82) is 0 Å². The van der Waals surface area contributed by atoms with Crippen LogP contribution in [0.4, 0.5) is 24.7 Å². The zero-order valence-corrected chi connectivity index (χ0v) is 19.3. The minimum absolute atomic E-state index is 0.0327. The number of ether oxygens (including phenoxy) is 1. The third-order valence-corrected chi connectivity index (χ3v) is 5.47. The zero-order chi connectivity index (χ0) is 24.8. The highest BCUT2D eigenvalue weighted by Crippen LogP contribution is 2.36. The number of aliphatic hydroxyl groups excluding tert-OH is 1. The first-order chi connectivity index (χ1) is 16.8. The van der Waals surface area contributed by atoms with E-state index in [-0.39, 0.29) is 23.1 Å². The van der Waals surface area contributed by atoms with Crippen molar-refractivity contribution in [1.82, 2.24) is 19.9 Å². The summed E-state index contributed by atoms with van der Waals surface area (Å²) >= 11 is 6.36. The molecule has 11 heteroatoms. The van der Waals surface area contributed by atoms with Crippen LogP contribution in [0.3, 0.4) is 0 Å². The lowest BCUT2D eigenvalue weighted by molar-refractivity contribution is -0.137. The summed E-state index contributed by atoms with van der Waals surface area (Å²) in [6.45, 7) is 2.27. The van der Waals surface area contributed by atoms with Gasteiger partial charge in [-0.3, -0.25) is 0 Å². The van der Waals surface area contributed by atoms with Crippen LogP contribution in [0.2, 0.25) is 5.02 Å². The number of aromatic nitrogens is 3. The van der Waals surface area contributed by atoms with Crippen LogP contribution >= 0.6 is 11.6 Å². The molecule has 4 aromatic rings. The lowest BCUT2D eigenvalue weighted by Gasteiger charge is -2.13. The number of aliphatic hydroxyl groups is 1. The van der Waals surface area contributed by atoms with Crippen LogP contribution in [0.25, 0.3) is 11.0 Å². The van der Waals surface area contributed by atoms with Crippen molar-refractivity contribution in [3.05, 3.63) is 71.6 Å². The molecule has 0 aliphatic rings. The predicted octanol–water partition coefficient (Wildman–Crippen LogP) is 5.61. The summed E-state index contributed by atoms with van der Waals surface area (Å²) in [5, 5.41) is 15.6. The van der Waals surface area contributed by atoms with Crippen LogP contribution in [-0.2, 0) is 12.7 Å². The van der Waals surface area contributed by atoms with Gasteiger partial charge in [-0.25, -0.2) is 9.97 Å². The smallest absolute Gasteiger partial charge is 0.416 e. The maximum absolute atomic E-state index is 13.0. The molecule has 0 saturated heterocycles. The molecule has 0 amide bonds. The molecule has 35 heavy (non-hydrogen) atoms. The number of nitrogens with one attached hydrogen (secondary N) is 2. The van der Waals surface area contributed by atoms with Crippen LogP contribution in [-0.4, -0.2) is 39.3 Å². The van der Waals surface area contributed by atoms with Crippen molar-refractivity contribution < 1.29 is 23.0 Å². The van der Waals surface area contributed by atoms with Crippen molar-refractivity contribution in [2.24, 2.45) is 0 Å². The van der Waals surface area contributed by atoms with Gasteiger partial charge in [-0.05, 0) is 55.4 Å². The molecule has 0 radical (unpaired) electrons. The summed E-state index contributed by atoms with van der Waals surface area (Å²) in [6.07, 6.45) is -0.387. The molecule has 2 heterocycles. The molecule has 0 aliphatic heterocycles. The Kier molecular flexibility index (Phi) is 7.74. The Balaban J connectivity index is 1.50. The van der Waals surface area contributed by atoms with E-state index in [1.165, 1.54) is 18.5 Å². The van der Waals surface area contributed by atoms with Gasteiger partial charge < -0.3 is 25.0 Å². The first-order valence-electron chi connectivity index (χ1n) is 10.9. The highest BCUT2D eigenvalue weighted by atomic mass is 35.5. The molecule has 0 fully saturated rings. The van der Waals surface area contributed by atoms with E-state index < -0.39 is 11.7 Å². The Morgan fingerprint density at radius 1 is 1.06 bits per heavy atom. The van der Waals surface area contributed by atoms with E-state index in [0.29, 0.717) is 31.0 Å². The van der Waals surface area contributed by atoms with E-state index in [1.54, 1.807) is 18.2 Å². The maximum atomic E-state index is 13.0. The first-order valence-corrected chi connectivity index (χ1v) is 11.3. The van der Waals surface area contributed by atoms with Gasteiger partial charge >= 0.3 is 6.18 Å². The van der Waals surface area contributed by atoms with E-state index in [4.69, 9.17) is 21.4 Å². The molecular weight excluding hydrogens is 483 g/mol. The zero-order valence-electron chi connectivity index (χ0n) is 18.5. The maximum Gasteiger partial charge on any atom is 0.416 e. The first kappa shape index (κ1) is 24.8. The normalized spacial score (nSPS) is 11.7. The van der Waals surface area contributed by atoms with Crippen molar-refractivity contribution in [3.8, 4) is 11.5 Å². The molecule has 2 aromatic carbocycles. The van der Waals surface area contributed by atoms with Crippen LogP contribution in [0.15, 0.2) is 61.1 Å². The summed E-state index contributed by atoms with van der Waals surface area (Å²) in [5.74, 6) is 0.838. The second-order valence-electron chi connectivity index (χ2n) is 7.69. The Hall–Kier alpha value is -3.34. The SMILES string of the molecule is OCCCNCCn1ccc2ncnc(Nc3ccc(Oc4cccc(C(F)(F)F)c4)c(Cl)c3)c21. The van der Waals surface area contributed by atoms with Crippen LogP contribution in [0.1, 0.15) is 12.0 Å². The summed E-state index contributed by atoms with van der Waals surface area (Å²) < 4.78 is 46.5. The predicted molar refractivity (Wildman–Crippen MR) is 128 cm³/mol. The van der Waals surface area contributed by atoms with Gasteiger partial charge in [0, 0.05) is 31.6 Å². The lowest BCUT2D eigenvalue weighted by atomic mass is 10.2. The number of anilines is 2. The molecule has 0 saturated carbocycles. The van der Waals surface area contributed by atoms with Crippen LogP contribution in [0, 0.1) is 0 Å². The van der Waals surface area contributed by atoms with Gasteiger partial charge in [0.2, 0.25) is 0 Å². The van der Waals surface area contributed by atoms with E-state index in [1.807, 2.05) is 16.8 Å². The minimum atomic E-state index is -4.47. The molecule has 0 bridgehead atoms. The Labute approximate surface area is 204 Å². The number of hydrogen-bond donors (Lipinski definition) is 3. The van der Waals surface area contributed by atoms with E-state index >= 15 is 0 Å². The molecule has 7 nitrogen and oxygen atoms in total. The van der Waals surface area contributed by atoms with Gasteiger partial charge in [-0.1, -0.05) is 17.7 Å². The number of hydrogen-bond acceptors (Lipinski definition) is 6. The van der Waals surface area contributed by atoms with Gasteiger partial charge in [0.05, 0.1) is 16.1 Å². The Bertz CT molecular complexity index is 1300. The molecule has 0 aliphatic carbocycles. The molecule has 0 atom stereocenters. The molecule has 4 rings (SSSR count). The van der Waals surface area contributed by atoms with Gasteiger partial charge in [-0.15, -0.1) is 0 Å². The molecule has 0 spiro atoms. The summed E-state index contributed by atoms with van der Waals surface area (Å²) in [5.41, 5.74) is 1.41. The highest BCUT2D eigenvalue weighted by molar-refractivity contribution is 6.32. The van der Waals surface area contributed by atoms with Crippen molar-refractivity contribution in [3.63, 3.8) is 0 Å². The Morgan fingerprint density at radius 3 is 2.69 bits per heavy atom. The lowest BCUT2D eigenvalue weighted by Crippen LogP contribution is -2.21. The van der Waals surface area contributed by atoms with Crippen LogP contribution < -0.4 is 15.4 Å². The summed E-state index contributed by atoms with van der Waals surface area (Å²) in [7, 11) is 0. The fraction of sp³-hybridized carbons (Fsp3) is 0.250. The largest absolute Gasteiger partial charge is 0.456 e. The average molecular weight is 506 g/mol. The fourth-order valence-corrected chi connectivity index (χ4v) is 3.72. The number of benzene rings is 2. The van der Waals surface area contributed by atoms with Crippen molar-refractivity contribution >= 4 is 34.1 Å². The molecule has 3 N–H and O–H groups in total. The van der Waals surface area contributed by atoms with E-state index in [9.17, 15) is 13.2 Å². The number of nitrogens with zero attached hydrogens (tertiary/aromatic N) is 3. The summed E-state index contributed by atoms with van der Waals surface area (Å²) in [4.78, 5) is 8.68. The molecule has 2 aromatic heterocycles. The van der Waals surface area contributed by atoms with Gasteiger partial charge in [0.25, 0.3) is 0 Å². The molecular formula is C24H23ClF3N5O2. The molecule has 0 unspecified atom stereocenters. The average Bonchev–Trinajstić information content (AvgIpc) is 3.24. The number of fused-ring (bicyclic) bond motifs is 1. The number of alkyl halides is 3. The standard InChI is InChI=1S/C24H23ClF3N5O2/c25-19-14-17(5-6-21(19)35-18-4-1-3-16(13-18)24(26,27)28)32-23-22-20(30-15-31-23)7-10-33(22)11-9-29-8-2-12-34/h1,3-7,10,13-15,29,34H,2,8-9,11-12H2,(H,30,31,32). The number of halogens is 4. The Morgan fingerprint density at radius 2 is 1.91 bits per heavy atom. The van der Waals surface area contributed by atoms with Crippen molar-refractivity contribution in [2.75, 3.05) is 25.0 Å². The van der Waals surface area contributed by atoms with Crippen LogP contribution in [0.5, 0.6) is 11.5 Å². The molecule has 184 valence electrons. The van der Waals surface area contributed by atoms with Gasteiger partial charge in [-0.2, -0.15) is 13.2 Å². The highest BCUT2D eigenvalue weighted by Gasteiger charge is 2.30. The minimum Gasteiger partial charge on any atom is -0.456 e. The second kappa shape index (κ2) is 10.9. The number of rotatable bonds is 10. The van der Waals surface area contributed by atoms with E-state index in [2.05, 4.69) is 20.6 Å². The second-order valence-corrected chi connectivity index (χ2v) is 8.10. The van der Waals surface area contributed by atoms with Gasteiger partial charge in [0.15, 0.2) is 5.82 Å². The summed E-state index contributed by atoms with van der Waals surface area (Å²) in [6, 6.07) is 11.4. The third kappa shape index (κ3) is 6.21. The van der Waals surface area contributed by atoms with Crippen molar-refractivity contribution in [2.45, 2.75) is 19.1 Å². The van der Waals surface area contributed by atoms with Gasteiger partial charge in [0.1, 0.15) is 23.3 Å². The fourth-order valence-electron chi connectivity index (χ4n) is 3.50. The van der Waals surface area contributed by atoms with E-state index in [0.717, 1.165) is 29.7 Å².